The normalized spacial score (nSPS) is 18.2. The summed E-state index contributed by atoms with van der Waals surface area (Å²) >= 11 is 0. The van der Waals surface area contributed by atoms with E-state index in [0.29, 0.717) is 19.4 Å². The lowest BCUT2D eigenvalue weighted by Crippen LogP contribution is -2.60. The number of esters is 1. The van der Waals surface area contributed by atoms with Gasteiger partial charge in [0.25, 0.3) is 0 Å². The number of amides is 1. The summed E-state index contributed by atoms with van der Waals surface area (Å²) in [5, 5.41) is 54.3. The number of rotatable bonds is 64. The zero-order valence-electron chi connectivity index (χ0n) is 55.8. The molecule has 0 saturated carbocycles. The summed E-state index contributed by atoms with van der Waals surface area (Å²) in [5.41, 5.74) is 0. The molecule has 1 aliphatic rings. The smallest absolute Gasteiger partial charge is 0.305 e. The first kappa shape index (κ1) is 81.4. The number of allylic oxidation sites excluding steroid dienone is 9. The highest BCUT2D eigenvalue weighted by Gasteiger charge is 2.44. The highest BCUT2D eigenvalue weighted by Crippen LogP contribution is 2.23. The van der Waals surface area contributed by atoms with E-state index in [1.165, 1.54) is 250 Å². The van der Waals surface area contributed by atoms with Gasteiger partial charge < -0.3 is 45.1 Å². The van der Waals surface area contributed by atoms with E-state index in [1.54, 1.807) is 6.08 Å². The van der Waals surface area contributed by atoms with Crippen LogP contribution < -0.4 is 5.32 Å². The lowest BCUT2D eigenvalue weighted by atomic mass is 9.99. The Labute approximate surface area is 528 Å². The van der Waals surface area contributed by atoms with Crippen molar-refractivity contribution in [3.63, 3.8) is 0 Å². The highest BCUT2D eigenvalue weighted by molar-refractivity contribution is 5.76. The quantitative estimate of drug-likeness (QED) is 0.0195. The molecular formula is C75H137NO10. The molecule has 1 heterocycles. The van der Waals surface area contributed by atoms with Crippen molar-refractivity contribution in [2.24, 2.45) is 0 Å². The van der Waals surface area contributed by atoms with Crippen LogP contribution >= 0.6 is 0 Å². The SMILES string of the molecule is CCCCC/C=C/CC/C=C/C(O)C(COC1OC(CO)C(O)C(O)C1O)NC(=O)CCCCCCCCCCCCCCCCCCC/C=C\C/C=C\CCCCCCCCCCCCCOC(=O)CCCCCCC/C=C\CCCCCCC. The number of aliphatic hydroxyl groups is 5. The van der Waals surface area contributed by atoms with E-state index in [-0.39, 0.29) is 18.5 Å². The molecule has 1 fully saturated rings. The van der Waals surface area contributed by atoms with Crippen molar-refractivity contribution in [3.05, 3.63) is 60.8 Å². The first-order valence-corrected chi connectivity index (χ1v) is 36.6. The third kappa shape index (κ3) is 52.2. The summed E-state index contributed by atoms with van der Waals surface area (Å²) in [4.78, 5) is 25.1. The van der Waals surface area contributed by atoms with Crippen LogP contribution in [0, 0.1) is 0 Å². The number of carbonyl (C=O) groups excluding carboxylic acids is 2. The van der Waals surface area contributed by atoms with Crippen LogP contribution in [0.2, 0.25) is 0 Å². The first-order chi connectivity index (χ1) is 42.2. The van der Waals surface area contributed by atoms with E-state index in [4.69, 9.17) is 14.2 Å². The molecule has 6 N–H and O–H groups in total. The summed E-state index contributed by atoms with van der Waals surface area (Å²) in [7, 11) is 0. The molecule has 7 atom stereocenters. The van der Waals surface area contributed by atoms with Gasteiger partial charge in [0.05, 0.1) is 32.0 Å². The van der Waals surface area contributed by atoms with Crippen molar-refractivity contribution < 1.29 is 49.3 Å². The highest BCUT2D eigenvalue weighted by atomic mass is 16.7. The zero-order chi connectivity index (χ0) is 62.3. The fraction of sp³-hybridized carbons (Fsp3) is 0.840. The van der Waals surface area contributed by atoms with Gasteiger partial charge in [0, 0.05) is 12.8 Å². The van der Waals surface area contributed by atoms with Gasteiger partial charge in [0.15, 0.2) is 6.29 Å². The Kier molecular flexibility index (Phi) is 60.5. The standard InChI is InChI=1S/C75H137NO10/c1-3-5-7-9-11-13-14-15-40-43-47-51-55-59-63-71(80)84-64-60-56-52-48-44-41-38-36-34-32-30-28-26-24-22-20-18-16-17-19-21-23-25-27-29-31-33-35-37-39-42-46-50-54-58-62-70(79)76-67(68(78)61-57-53-49-45-12-10-8-6-4-2)66-85-75-74(83)73(82)72(81)69(65-77)86-75/h12,14-15,18,20,24,26,45,57,61,67-69,72-75,77-78,81-83H,3-11,13,16-17,19,21-23,25,27-44,46-56,58-60,62-66H2,1-2H3,(H,76,79)/b15-14-,20-18-,26-24-,45-12+,61-57+. The summed E-state index contributed by atoms with van der Waals surface area (Å²) in [6.45, 7) is 4.29. The van der Waals surface area contributed by atoms with Crippen molar-refractivity contribution in [1.29, 1.82) is 0 Å². The zero-order valence-corrected chi connectivity index (χ0v) is 55.8. The monoisotopic (exact) mass is 1210 g/mol. The van der Waals surface area contributed by atoms with Crippen LogP contribution in [0.3, 0.4) is 0 Å². The lowest BCUT2D eigenvalue weighted by molar-refractivity contribution is -0.302. The van der Waals surface area contributed by atoms with Crippen LogP contribution in [0.25, 0.3) is 0 Å². The van der Waals surface area contributed by atoms with Crippen molar-refractivity contribution in [1.82, 2.24) is 5.32 Å². The van der Waals surface area contributed by atoms with Crippen molar-refractivity contribution in [2.45, 2.75) is 384 Å². The third-order valence-corrected chi connectivity index (χ3v) is 17.1. The lowest BCUT2D eigenvalue weighted by Gasteiger charge is -2.40. The minimum Gasteiger partial charge on any atom is -0.466 e. The van der Waals surface area contributed by atoms with Gasteiger partial charge >= 0.3 is 5.97 Å². The molecule has 0 bridgehead atoms. The van der Waals surface area contributed by atoms with E-state index in [2.05, 4.69) is 67.8 Å². The van der Waals surface area contributed by atoms with Gasteiger partial charge in [-0.3, -0.25) is 9.59 Å². The molecular weight excluding hydrogens is 1070 g/mol. The Bertz CT molecular complexity index is 1610. The minimum absolute atomic E-state index is 0.00115. The Morgan fingerprint density at radius 3 is 1.24 bits per heavy atom. The summed E-state index contributed by atoms with van der Waals surface area (Å²) in [5.74, 6) is -0.190. The van der Waals surface area contributed by atoms with Crippen LogP contribution in [-0.4, -0.2) is 100 Å². The van der Waals surface area contributed by atoms with Crippen LogP contribution in [0.5, 0.6) is 0 Å². The summed E-state index contributed by atoms with van der Waals surface area (Å²) in [6, 6.07) is -0.825. The minimum atomic E-state index is -1.58. The molecule has 1 saturated heterocycles. The first-order valence-electron chi connectivity index (χ1n) is 36.6. The van der Waals surface area contributed by atoms with E-state index in [9.17, 15) is 35.1 Å². The van der Waals surface area contributed by atoms with E-state index >= 15 is 0 Å². The fourth-order valence-corrected chi connectivity index (χ4v) is 11.3. The average molecular weight is 1210 g/mol. The molecule has 0 aromatic heterocycles. The van der Waals surface area contributed by atoms with Crippen LogP contribution in [0.4, 0.5) is 0 Å². The second-order valence-corrected chi connectivity index (χ2v) is 25.3. The van der Waals surface area contributed by atoms with Crippen LogP contribution in [0.15, 0.2) is 60.8 Å². The third-order valence-electron chi connectivity index (χ3n) is 17.1. The topological polar surface area (TPSA) is 175 Å². The molecule has 0 aliphatic carbocycles. The van der Waals surface area contributed by atoms with Gasteiger partial charge in [-0.1, -0.05) is 286 Å². The maximum atomic E-state index is 13.0. The van der Waals surface area contributed by atoms with Gasteiger partial charge in [-0.25, -0.2) is 0 Å². The predicted molar refractivity (Wildman–Crippen MR) is 361 cm³/mol. The largest absolute Gasteiger partial charge is 0.466 e. The van der Waals surface area contributed by atoms with Crippen molar-refractivity contribution in [3.8, 4) is 0 Å². The number of unbranched alkanes of at least 4 members (excludes halogenated alkanes) is 42. The average Bonchev–Trinajstić information content (AvgIpc) is 2.21. The number of aliphatic hydroxyl groups excluding tert-OH is 5. The number of ether oxygens (including phenoxy) is 3. The molecule has 7 unspecified atom stereocenters. The van der Waals surface area contributed by atoms with Gasteiger partial charge in [0.1, 0.15) is 24.4 Å². The molecule has 1 rings (SSSR count). The maximum Gasteiger partial charge on any atom is 0.305 e. The van der Waals surface area contributed by atoms with Crippen molar-refractivity contribution >= 4 is 11.9 Å². The summed E-state index contributed by atoms with van der Waals surface area (Å²) < 4.78 is 16.7. The van der Waals surface area contributed by atoms with Gasteiger partial charge in [-0.15, -0.1) is 0 Å². The van der Waals surface area contributed by atoms with Gasteiger partial charge in [-0.2, -0.15) is 0 Å². The molecule has 1 amide bonds. The number of hydrogen-bond acceptors (Lipinski definition) is 10. The second-order valence-electron chi connectivity index (χ2n) is 25.3. The number of carbonyl (C=O) groups is 2. The van der Waals surface area contributed by atoms with E-state index in [0.717, 1.165) is 64.2 Å². The molecule has 0 aromatic carbocycles. The van der Waals surface area contributed by atoms with Gasteiger partial charge in [-0.05, 0) is 103 Å². The number of hydrogen-bond donors (Lipinski definition) is 6. The predicted octanol–water partition coefficient (Wildman–Crippen LogP) is 18.9. The van der Waals surface area contributed by atoms with Gasteiger partial charge in [0.2, 0.25) is 5.91 Å². The molecule has 0 spiro atoms. The van der Waals surface area contributed by atoms with Crippen LogP contribution in [0.1, 0.15) is 341 Å². The molecule has 0 radical (unpaired) electrons. The number of nitrogens with one attached hydrogen (secondary N) is 1. The Morgan fingerprint density at radius 1 is 0.430 bits per heavy atom. The Hall–Kier alpha value is -2.64. The Morgan fingerprint density at radius 2 is 0.791 bits per heavy atom. The molecule has 502 valence electrons. The Balaban J connectivity index is 1.90. The molecule has 11 heteroatoms. The van der Waals surface area contributed by atoms with E-state index in [1.807, 2.05) is 6.08 Å². The molecule has 0 aromatic rings. The molecule has 86 heavy (non-hydrogen) atoms. The maximum absolute atomic E-state index is 13.0. The van der Waals surface area contributed by atoms with Crippen molar-refractivity contribution in [2.75, 3.05) is 19.8 Å². The molecule has 1 aliphatic heterocycles. The second kappa shape index (κ2) is 63.9. The van der Waals surface area contributed by atoms with Crippen LogP contribution in [-0.2, 0) is 23.8 Å². The van der Waals surface area contributed by atoms with E-state index < -0.39 is 49.5 Å². The fourth-order valence-electron chi connectivity index (χ4n) is 11.3. The molecule has 11 nitrogen and oxygen atoms in total. The summed E-state index contributed by atoms with van der Waals surface area (Å²) in [6.07, 6.45) is 75.4.